The van der Waals surface area contributed by atoms with E-state index >= 15 is 0 Å². The first-order valence-corrected chi connectivity index (χ1v) is 8.25. The third kappa shape index (κ3) is 4.62. The first kappa shape index (κ1) is 17.2. The van der Waals surface area contributed by atoms with Gasteiger partial charge in [-0.2, -0.15) is 0 Å². The molecule has 0 radical (unpaired) electrons. The molecule has 114 valence electrons. The van der Waals surface area contributed by atoms with Crippen LogP contribution in [0.5, 0.6) is 0 Å². The number of anilines is 1. The minimum atomic E-state index is -3.46. The van der Waals surface area contributed by atoms with E-state index in [0.29, 0.717) is 11.0 Å². The van der Waals surface area contributed by atoms with E-state index in [0.717, 1.165) is 5.56 Å². The van der Waals surface area contributed by atoms with Gasteiger partial charge >= 0.3 is 7.60 Å². The topological polar surface area (TPSA) is 61.6 Å². The van der Waals surface area contributed by atoms with Crippen LogP contribution in [0.15, 0.2) is 18.2 Å². The number of benzene rings is 1. The van der Waals surface area contributed by atoms with Crippen molar-refractivity contribution >= 4 is 18.6 Å². The summed E-state index contributed by atoms with van der Waals surface area (Å²) in [6.07, 6.45) is 0. The van der Waals surface area contributed by atoms with Crippen molar-refractivity contribution in [3.8, 4) is 0 Å². The van der Waals surface area contributed by atoms with Crippen LogP contribution in [0.25, 0.3) is 0 Å². The van der Waals surface area contributed by atoms with Crippen LogP contribution in [-0.2, 0) is 13.6 Å². The molecule has 0 aliphatic heterocycles. The Morgan fingerprint density at radius 2 is 1.45 bits per heavy atom. The fourth-order valence-electron chi connectivity index (χ4n) is 1.78. The van der Waals surface area contributed by atoms with Crippen molar-refractivity contribution in [1.82, 2.24) is 0 Å². The van der Waals surface area contributed by atoms with Gasteiger partial charge in [-0.15, -0.1) is 0 Å². The molecular weight excluding hydrogens is 273 g/mol. The maximum absolute atomic E-state index is 13.3. The summed E-state index contributed by atoms with van der Waals surface area (Å²) >= 11 is 0. The molecule has 1 rings (SSSR count). The Kier molecular flexibility index (Phi) is 4.75. The summed E-state index contributed by atoms with van der Waals surface area (Å²) < 4.78 is 24.9. The summed E-state index contributed by atoms with van der Waals surface area (Å²) in [5, 5.41) is 0.530. The summed E-state index contributed by atoms with van der Waals surface area (Å²) in [4.78, 5) is 0. The molecule has 0 bridgehead atoms. The predicted molar refractivity (Wildman–Crippen MR) is 84.5 cm³/mol. The monoisotopic (exact) mass is 299 g/mol. The van der Waals surface area contributed by atoms with Crippen molar-refractivity contribution in [2.24, 2.45) is 0 Å². The van der Waals surface area contributed by atoms with Crippen molar-refractivity contribution in [3.63, 3.8) is 0 Å². The Balaban J connectivity index is 3.38. The third-order valence-electron chi connectivity index (χ3n) is 2.43. The largest absolute Gasteiger partial charge is 0.398 e. The quantitative estimate of drug-likeness (QED) is 0.676. The highest BCUT2D eigenvalue weighted by Gasteiger charge is 2.38. The van der Waals surface area contributed by atoms with Crippen LogP contribution in [-0.4, -0.2) is 11.2 Å². The minimum absolute atomic E-state index is 0.530. The van der Waals surface area contributed by atoms with Gasteiger partial charge in [0.1, 0.15) is 0 Å². The van der Waals surface area contributed by atoms with Gasteiger partial charge in [-0.25, -0.2) is 0 Å². The molecule has 1 aromatic rings. The molecule has 0 aliphatic rings. The van der Waals surface area contributed by atoms with E-state index in [4.69, 9.17) is 14.8 Å². The van der Waals surface area contributed by atoms with Crippen LogP contribution >= 0.6 is 7.60 Å². The summed E-state index contributed by atoms with van der Waals surface area (Å²) in [5.41, 5.74) is 6.06. The van der Waals surface area contributed by atoms with Crippen LogP contribution < -0.4 is 11.0 Å². The normalized spacial score (nSPS) is 13.6. The fourth-order valence-corrected chi connectivity index (χ4v) is 4.26. The van der Waals surface area contributed by atoms with Gasteiger partial charge in [0.15, 0.2) is 0 Å². The van der Waals surface area contributed by atoms with Crippen molar-refractivity contribution in [2.45, 2.75) is 59.7 Å². The van der Waals surface area contributed by atoms with E-state index in [-0.39, 0.29) is 0 Å². The average Bonchev–Trinajstić information content (AvgIpc) is 2.15. The van der Waals surface area contributed by atoms with Crippen LogP contribution in [0.1, 0.15) is 47.1 Å². The zero-order valence-electron chi connectivity index (χ0n) is 13.5. The lowest BCUT2D eigenvalue weighted by Gasteiger charge is -2.33. The van der Waals surface area contributed by atoms with Crippen molar-refractivity contribution in [1.29, 1.82) is 0 Å². The molecule has 0 aliphatic carbocycles. The molecule has 0 fully saturated rings. The second-order valence-corrected chi connectivity index (χ2v) is 8.74. The van der Waals surface area contributed by atoms with Gasteiger partial charge in [-0.05, 0) is 66.2 Å². The number of rotatable bonds is 3. The lowest BCUT2D eigenvalue weighted by atomic mass is 10.2. The molecule has 2 N–H and O–H groups in total. The zero-order valence-corrected chi connectivity index (χ0v) is 14.4. The average molecular weight is 299 g/mol. The Bertz CT molecular complexity index is 507. The van der Waals surface area contributed by atoms with E-state index in [1.54, 1.807) is 18.2 Å². The number of hydrogen-bond acceptors (Lipinski definition) is 4. The van der Waals surface area contributed by atoms with Gasteiger partial charge in [0, 0.05) is 5.69 Å². The highest BCUT2D eigenvalue weighted by atomic mass is 31.2. The van der Waals surface area contributed by atoms with Gasteiger partial charge in [-0.1, -0.05) is 6.07 Å². The smallest absolute Gasteiger partial charge is 0.362 e. The van der Waals surface area contributed by atoms with Gasteiger partial charge in [0.2, 0.25) is 0 Å². The van der Waals surface area contributed by atoms with Crippen LogP contribution in [0.3, 0.4) is 0 Å². The summed E-state index contributed by atoms with van der Waals surface area (Å²) in [6, 6.07) is 5.30. The molecule has 0 aromatic heterocycles. The highest BCUT2D eigenvalue weighted by Crippen LogP contribution is 2.54. The molecule has 0 heterocycles. The molecule has 0 unspecified atom stereocenters. The Morgan fingerprint density at radius 3 is 1.85 bits per heavy atom. The second kappa shape index (κ2) is 5.51. The predicted octanol–water partition coefficient (Wildman–Crippen LogP) is 4.03. The Morgan fingerprint density at radius 1 is 1.00 bits per heavy atom. The molecule has 4 nitrogen and oxygen atoms in total. The molecule has 0 atom stereocenters. The molecular formula is C15H26NO3P. The Labute approximate surface area is 122 Å². The molecule has 0 amide bonds. The van der Waals surface area contributed by atoms with Crippen LogP contribution in [0, 0.1) is 6.92 Å². The van der Waals surface area contributed by atoms with Crippen molar-refractivity contribution in [3.05, 3.63) is 23.8 Å². The molecule has 0 saturated carbocycles. The lowest BCUT2D eigenvalue weighted by Crippen LogP contribution is -2.29. The van der Waals surface area contributed by atoms with E-state index in [1.165, 1.54) is 0 Å². The van der Waals surface area contributed by atoms with Crippen LogP contribution in [0.2, 0.25) is 0 Å². The first-order valence-electron chi connectivity index (χ1n) is 6.71. The van der Waals surface area contributed by atoms with Crippen molar-refractivity contribution in [2.75, 3.05) is 5.73 Å². The van der Waals surface area contributed by atoms with E-state index in [2.05, 4.69) is 0 Å². The van der Waals surface area contributed by atoms with Crippen LogP contribution in [0.4, 0.5) is 5.69 Å². The van der Waals surface area contributed by atoms with E-state index in [1.807, 2.05) is 48.5 Å². The summed E-state index contributed by atoms with van der Waals surface area (Å²) in [7, 11) is -3.46. The second-order valence-electron chi connectivity index (χ2n) is 6.90. The molecule has 0 spiro atoms. The van der Waals surface area contributed by atoms with Gasteiger partial charge in [0.25, 0.3) is 0 Å². The SMILES string of the molecule is Cc1c(N)cccc1P(=O)(OC(C)(C)C)OC(C)(C)C. The third-order valence-corrected chi connectivity index (χ3v) is 5.08. The van der Waals surface area contributed by atoms with Gasteiger partial charge < -0.3 is 5.73 Å². The maximum atomic E-state index is 13.3. The first-order chi connectivity index (χ1) is 8.84. The number of nitrogens with two attached hydrogens (primary N) is 1. The number of nitrogen functional groups attached to an aromatic ring is 1. The van der Waals surface area contributed by atoms with Gasteiger partial charge in [0.05, 0.1) is 16.5 Å². The van der Waals surface area contributed by atoms with Crippen molar-refractivity contribution < 1.29 is 13.6 Å². The maximum Gasteiger partial charge on any atom is 0.362 e. The van der Waals surface area contributed by atoms with Gasteiger partial charge in [-0.3, -0.25) is 13.6 Å². The standard InChI is InChI=1S/C15H26NO3P/c1-11-12(16)9-8-10-13(11)20(17,18-14(2,3)4)19-15(5,6)7/h8-10H,16H2,1-7H3. The van der Waals surface area contributed by atoms with E-state index in [9.17, 15) is 4.57 Å². The lowest BCUT2D eigenvalue weighted by molar-refractivity contribution is 0.0548. The summed E-state index contributed by atoms with van der Waals surface area (Å²) in [5.74, 6) is 0. The summed E-state index contributed by atoms with van der Waals surface area (Å²) in [6.45, 7) is 13.0. The minimum Gasteiger partial charge on any atom is -0.398 e. The highest BCUT2D eigenvalue weighted by molar-refractivity contribution is 7.62. The van der Waals surface area contributed by atoms with E-state index < -0.39 is 18.8 Å². The molecule has 1 aromatic carbocycles. The fraction of sp³-hybridized carbons (Fsp3) is 0.600. The zero-order chi connectivity index (χ0) is 15.8. The Hall–Kier alpha value is -0.830. The molecule has 20 heavy (non-hydrogen) atoms. The molecule has 0 saturated heterocycles. The molecule has 5 heteroatoms. The number of hydrogen-bond donors (Lipinski definition) is 1.